The van der Waals surface area contributed by atoms with E-state index in [-0.39, 0.29) is 6.61 Å². The van der Waals surface area contributed by atoms with E-state index in [1.165, 1.54) is 5.56 Å². The average molecular weight is 259 g/mol. The standard InChI is InChI=1S/C15H17NO3/c1-3-11-4-5-14(15(8-11)18-2)19-13-6-7-16-9-12(13)10-17/h4-9,17H,3,10H2,1-2H3. The lowest BCUT2D eigenvalue weighted by atomic mass is 10.1. The van der Waals surface area contributed by atoms with Gasteiger partial charge in [0, 0.05) is 18.0 Å². The highest BCUT2D eigenvalue weighted by molar-refractivity contribution is 5.46. The molecule has 0 unspecified atom stereocenters. The van der Waals surface area contributed by atoms with Crippen LogP contribution >= 0.6 is 0 Å². The Hall–Kier alpha value is -2.07. The van der Waals surface area contributed by atoms with Crippen LogP contribution in [0, 0.1) is 0 Å². The van der Waals surface area contributed by atoms with Gasteiger partial charge in [-0.15, -0.1) is 0 Å². The molecular formula is C15H17NO3. The zero-order valence-electron chi connectivity index (χ0n) is 11.1. The first-order chi connectivity index (χ1) is 9.28. The van der Waals surface area contributed by atoms with Crippen molar-refractivity contribution in [2.45, 2.75) is 20.0 Å². The first-order valence-electron chi connectivity index (χ1n) is 6.17. The summed E-state index contributed by atoms with van der Waals surface area (Å²) in [7, 11) is 1.61. The normalized spacial score (nSPS) is 10.3. The Morgan fingerprint density at radius 3 is 2.68 bits per heavy atom. The van der Waals surface area contributed by atoms with E-state index < -0.39 is 0 Å². The number of methoxy groups -OCH3 is 1. The fourth-order valence-electron chi connectivity index (χ4n) is 1.77. The summed E-state index contributed by atoms with van der Waals surface area (Å²) in [6.45, 7) is 1.97. The fraction of sp³-hybridized carbons (Fsp3) is 0.267. The topological polar surface area (TPSA) is 51.6 Å². The van der Waals surface area contributed by atoms with Crippen LogP contribution in [0.25, 0.3) is 0 Å². The van der Waals surface area contributed by atoms with E-state index in [4.69, 9.17) is 9.47 Å². The Balaban J connectivity index is 2.32. The van der Waals surface area contributed by atoms with Crippen molar-refractivity contribution in [1.82, 2.24) is 4.98 Å². The van der Waals surface area contributed by atoms with Crippen molar-refractivity contribution < 1.29 is 14.6 Å². The van der Waals surface area contributed by atoms with Gasteiger partial charge in [0.05, 0.1) is 13.7 Å². The van der Waals surface area contributed by atoms with E-state index in [9.17, 15) is 5.11 Å². The molecule has 19 heavy (non-hydrogen) atoms. The zero-order chi connectivity index (χ0) is 13.7. The minimum Gasteiger partial charge on any atom is -0.493 e. The van der Waals surface area contributed by atoms with Crippen molar-refractivity contribution >= 4 is 0 Å². The van der Waals surface area contributed by atoms with Gasteiger partial charge in [0.2, 0.25) is 0 Å². The summed E-state index contributed by atoms with van der Waals surface area (Å²) in [6.07, 6.45) is 4.15. The molecule has 2 aromatic rings. The molecule has 0 bridgehead atoms. The van der Waals surface area contributed by atoms with Crippen LogP contribution in [0.15, 0.2) is 36.7 Å². The van der Waals surface area contributed by atoms with Crippen LogP contribution in [0.2, 0.25) is 0 Å². The number of pyridine rings is 1. The van der Waals surface area contributed by atoms with Crippen LogP contribution in [0.3, 0.4) is 0 Å². The number of rotatable bonds is 5. The van der Waals surface area contributed by atoms with Gasteiger partial charge in [-0.1, -0.05) is 13.0 Å². The van der Waals surface area contributed by atoms with E-state index in [0.29, 0.717) is 22.8 Å². The molecule has 1 heterocycles. The van der Waals surface area contributed by atoms with Crippen molar-refractivity contribution in [3.05, 3.63) is 47.8 Å². The Bertz CT molecular complexity index is 555. The molecule has 2 rings (SSSR count). The minimum absolute atomic E-state index is 0.113. The van der Waals surface area contributed by atoms with E-state index in [2.05, 4.69) is 11.9 Å². The molecule has 1 aromatic carbocycles. The summed E-state index contributed by atoms with van der Waals surface area (Å²) in [5.41, 5.74) is 1.82. The average Bonchev–Trinajstić information content (AvgIpc) is 2.48. The van der Waals surface area contributed by atoms with Crippen LogP contribution in [0.4, 0.5) is 0 Å². The largest absolute Gasteiger partial charge is 0.493 e. The zero-order valence-corrected chi connectivity index (χ0v) is 11.1. The van der Waals surface area contributed by atoms with Gasteiger partial charge < -0.3 is 14.6 Å². The number of aliphatic hydroxyl groups excluding tert-OH is 1. The molecule has 100 valence electrons. The molecule has 0 saturated carbocycles. The third kappa shape index (κ3) is 3.03. The van der Waals surface area contributed by atoms with Gasteiger partial charge in [0.1, 0.15) is 5.75 Å². The molecule has 0 saturated heterocycles. The Labute approximate surface area is 112 Å². The lowest BCUT2D eigenvalue weighted by Crippen LogP contribution is -1.95. The monoisotopic (exact) mass is 259 g/mol. The predicted octanol–water partition coefficient (Wildman–Crippen LogP) is 2.94. The van der Waals surface area contributed by atoms with Gasteiger partial charge in [-0.3, -0.25) is 4.98 Å². The quantitative estimate of drug-likeness (QED) is 0.897. The van der Waals surface area contributed by atoms with Crippen molar-refractivity contribution in [2.24, 2.45) is 0 Å². The lowest BCUT2D eigenvalue weighted by molar-refractivity contribution is 0.275. The molecule has 1 N–H and O–H groups in total. The number of ether oxygens (including phenoxy) is 2. The van der Waals surface area contributed by atoms with Gasteiger partial charge in [-0.2, -0.15) is 0 Å². The second-order valence-corrected chi connectivity index (χ2v) is 4.08. The van der Waals surface area contributed by atoms with Gasteiger partial charge >= 0.3 is 0 Å². The number of aromatic nitrogens is 1. The van der Waals surface area contributed by atoms with Gasteiger partial charge in [0.25, 0.3) is 0 Å². The van der Waals surface area contributed by atoms with Crippen molar-refractivity contribution in [1.29, 1.82) is 0 Å². The number of aryl methyl sites for hydroxylation is 1. The molecule has 0 radical (unpaired) electrons. The fourth-order valence-corrected chi connectivity index (χ4v) is 1.77. The second kappa shape index (κ2) is 6.20. The lowest BCUT2D eigenvalue weighted by Gasteiger charge is -2.13. The molecule has 1 aromatic heterocycles. The Morgan fingerprint density at radius 1 is 1.16 bits per heavy atom. The molecule has 4 nitrogen and oxygen atoms in total. The molecule has 4 heteroatoms. The van der Waals surface area contributed by atoms with Crippen molar-refractivity contribution in [2.75, 3.05) is 7.11 Å². The van der Waals surface area contributed by atoms with Crippen LogP contribution < -0.4 is 9.47 Å². The number of benzene rings is 1. The molecule has 0 aliphatic carbocycles. The molecule has 0 aliphatic heterocycles. The van der Waals surface area contributed by atoms with Crippen LogP contribution in [0.5, 0.6) is 17.2 Å². The second-order valence-electron chi connectivity index (χ2n) is 4.08. The predicted molar refractivity (Wildman–Crippen MR) is 72.6 cm³/mol. The van der Waals surface area contributed by atoms with Crippen molar-refractivity contribution in [3.8, 4) is 17.2 Å². The summed E-state index contributed by atoms with van der Waals surface area (Å²) in [5.74, 6) is 1.89. The van der Waals surface area contributed by atoms with Gasteiger partial charge in [-0.25, -0.2) is 0 Å². The number of nitrogens with zero attached hydrogens (tertiary/aromatic N) is 1. The summed E-state index contributed by atoms with van der Waals surface area (Å²) in [6, 6.07) is 7.55. The Morgan fingerprint density at radius 2 is 2.00 bits per heavy atom. The number of hydrogen-bond acceptors (Lipinski definition) is 4. The molecule has 0 atom stereocenters. The molecule has 0 aliphatic rings. The van der Waals surface area contributed by atoms with Gasteiger partial charge in [-0.05, 0) is 30.2 Å². The molecule has 0 fully saturated rings. The van der Waals surface area contributed by atoms with Crippen LogP contribution in [0.1, 0.15) is 18.1 Å². The first kappa shape index (κ1) is 13.4. The number of aliphatic hydroxyl groups is 1. The third-order valence-corrected chi connectivity index (χ3v) is 2.89. The van der Waals surface area contributed by atoms with Gasteiger partial charge in [0.15, 0.2) is 11.5 Å². The highest BCUT2D eigenvalue weighted by atomic mass is 16.5. The maximum Gasteiger partial charge on any atom is 0.169 e. The SMILES string of the molecule is CCc1ccc(Oc2ccncc2CO)c(OC)c1. The summed E-state index contributed by atoms with van der Waals surface area (Å²) >= 11 is 0. The van der Waals surface area contributed by atoms with E-state index in [1.807, 2.05) is 18.2 Å². The maximum absolute atomic E-state index is 9.25. The van der Waals surface area contributed by atoms with E-state index >= 15 is 0 Å². The maximum atomic E-state index is 9.25. The smallest absolute Gasteiger partial charge is 0.169 e. The van der Waals surface area contributed by atoms with E-state index in [1.54, 1.807) is 25.6 Å². The highest BCUT2D eigenvalue weighted by Crippen LogP contribution is 2.33. The third-order valence-electron chi connectivity index (χ3n) is 2.89. The summed E-state index contributed by atoms with van der Waals surface area (Å²) in [4.78, 5) is 3.96. The molecule has 0 amide bonds. The first-order valence-corrected chi connectivity index (χ1v) is 6.17. The Kier molecular flexibility index (Phi) is 4.36. The highest BCUT2D eigenvalue weighted by Gasteiger charge is 2.09. The van der Waals surface area contributed by atoms with Crippen LogP contribution in [-0.4, -0.2) is 17.2 Å². The summed E-state index contributed by atoms with van der Waals surface area (Å²) in [5, 5.41) is 9.25. The van der Waals surface area contributed by atoms with Crippen LogP contribution in [-0.2, 0) is 13.0 Å². The van der Waals surface area contributed by atoms with E-state index in [0.717, 1.165) is 6.42 Å². The van der Waals surface area contributed by atoms with Crippen molar-refractivity contribution in [3.63, 3.8) is 0 Å². The summed E-state index contributed by atoms with van der Waals surface area (Å²) < 4.78 is 11.1. The molecule has 0 spiro atoms. The minimum atomic E-state index is -0.113. The number of hydrogen-bond donors (Lipinski definition) is 1. The molecular weight excluding hydrogens is 242 g/mol.